The van der Waals surface area contributed by atoms with Crippen molar-refractivity contribution < 1.29 is 4.39 Å². The average molecular weight is 197 g/mol. The molecule has 2 heteroatoms. The molecule has 0 aliphatic carbocycles. The third-order valence-electron chi connectivity index (χ3n) is 2.58. The molecule has 0 atom stereocenters. The molecule has 0 spiro atoms. The molecule has 3 aromatic rings. The highest BCUT2D eigenvalue weighted by Crippen LogP contribution is 2.25. The van der Waals surface area contributed by atoms with Crippen molar-refractivity contribution in [2.24, 2.45) is 0 Å². The van der Waals surface area contributed by atoms with Crippen molar-refractivity contribution in [1.29, 1.82) is 0 Å². The minimum absolute atomic E-state index is 0.211. The lowest BCUT2D eigenvalue weighted by molar-refractivity contribution is 0.639. The first-order chi connectivity index (χ1) is 7.36. The maximum absolute atomic E-state index is 13.7. The zero-order valence-corrected chi connectivity index (χ0v) is 7.94. The summed E-state index contributed by atoms with van der Waals surface area (Å²) in [5.74, 6) is -0.211. The molecule has 0 N–H and O–H groups in total. The fraction of sp³-hybridized carbons (Fsp3) is 0. The van der Waals surface area contributed by atoms with Gasteiger partial charge in [0.25, 0.3) is 0 Å². The molecule has 0 saturated carbocycles. The van der Waals surface area contributed by atoms with Crippen LogP contribution < -0.4 is 0 Å². The van der Waals surface area contributed by atoms with Gasteiger partial charge >= 0.3 is 0 Å². The van der Waals surface area contributed by atoms with E-state index in [0.29, 0.717) is 10.9 Å². The number of hydrogen-bond acceptors (Lipinski definition) is 1. The third kappa shape index (κ3) is 1.18. The average Bonchev–Trinajstić information content (AvgIpc) is 2.29. The van der Waals surface area contributed by atoms with Crippen molar-refractivity contribution in [3.05, 3.63) is 54.5 Å². The van der Waals surface area contributed by atoms with Gasteiger partial charge in [0.1, 0.15) is 5.82 Å². The van der Waals surface area contributed by atoms with Gasteiger partial charge in [-0.2, -0.15) is 0 Å². The van der Waals surface area contributed by atoms with Crippen LogP contribution >= 0.6 is 0 Å². The molecule has 0 unspecified atom stereocenters. The fourth-order valence-corrected chi connectivity index (χ4v) is 1.88. The second kappa shape index (κ2) is 3.02. The zero-order valence-electron chi connectivity index (χ0n) is 7.94. The largest absolute Gasteiger partial charge is 0.256 e. The Labute approximate surface area is 86.2 Å². The van der Waals surface area contributed by atoms with Crippen LogP contribution in [-0.4, -0.2) is 4.98 Å². The Hall–Kier alpha value is -1.96. The van der Waals surface area contributed by atoms with Crippen LogP contribution in [0.5, 0.6) is 0 Å². The minimum atomic E-state index is -0.211. The molecule has 3 rings (SSSR count). The summed E-state index contributed by atoms with van der Waals surface area (Å²) < 4.78 is 13.7. The second-order valence-corrected chi connectivity index (χ2v) is 3.47. The summed E-state index contributed by atoms with van der Waals surface area (Å²) in [6.07, 6.45) is 1.49. The lowest BCUT2D eigenvalue weighted by Crippen LogP contribution is -1.84. The van der Waals surface area contributed by atoms with E-state index in [-0.39, 0.29) is 5.82 Å². The molecule has 0 bridgehead atoms. The highest BCUT2D eigenvalue weighted by molar-refractivity contribution is 6.06. The Morgan fingerprint density at radius 1 is 0.933 bits per heavy atom. The standard InChI is InChI=1S/C13H8FN/c14-11-7-8-15-12-6-5-9-3-1-2-4-10(9)13(11)12/h1-8H. The van der Waals surface area contributed by atoms with Crippen LogP contribution in [0.3, 0.4) is 0 Å². The molecule has 1 aromatic heterocycles. The summed E-state index contributed by atoms with van der Waals surface area (Å²) in [5, 5.41) is 2.56. The maximum Gasteiger partial charge on any atom is 0.134 e. The van der Waals surface area contributed by atoms with Crippen LogP contribution in [0.1, 0.15) is 0 Å². The van der Waals surface area contributed by atoms with Crippen LogP contribution in [0, 0.1) is 5.82 Å². The van der Waals surface area contributed by atoms with Gasteiger partial charge in [0.05, 0.1) is 5.52 Å². The van der Waals surface area contributed by atoms with Crippen molar-refractivity contribution in [3.8, 4) is 0 Å². The highest BCUT2D eigenvalue weighted by Gasteiger charge is 2.04. The van der Waals surface area contributed by atoms with Crippen LogP contribution in [-0.2, 0) is 0 Å². The first-order valence-electron chi connectivity index (χ1n) is 4.78. The quantitative estimate of drug-likeness (QED) is 0.502. The second-order valence-electron chi connectivity index (χ2n) is 3.47. The molecule has 0 saturated heterocycles. The number of halogens is 1. The Kier molecular flexibility index (Phi) is 1.68. The van der Waals surface area contributed by atoms with E-state index in [4.69, 9.17) is 0 Å². The number of pyridine rings is 1. The molecule has 1 nitrogen and oxygen atoms in total. The minimum Gasteiger partial charge on any atom is -0.256 e. The summed E-state index contributed by atoms with van der Waals surface area (Å²) in [6, 6.07) is 13.0. The van der Waals surface area contributed by atoms with Crippen molar-refractivity contribution in [2.45, 2.75) is 0 Å². The SMILES string of the molecule is Fc1ccnc2ccc3ccccc3c12. The number of hydrogen-bond donors (Lipinski definition) is 0. The van der Waals surface area contributed by atoms with E-state index in [2.05, 4.69) is 4.98 Å². The van der Waals surface area contributed by atoms with Gasteiger partial charge in [-0.25, -0.2) is 4.39 Å². The van der Waals surface area contributed by atoms with E-state index >= 15 is 0 Å². The number of benzene rings is 2. The van der Waals surface area contributed by atoms with Crippen LogP contribution in [0.25, 0.3) is 21.7 Å². The van der Waals surface area contributed by atoms with E-state index in [9.17, 15) is 4.39 Å². The summed E-state index contributed by atoms with van der Waals surface area (Å²) in [5.41, 5.74) is 0.703. The fourth-order valence-electron chi connectivity index (χ4n) is 1.88. The predicted molar refractivity (Wildman–Crippen MR) is 59.2 cm³/mol. The topological polar surface area (TPSA) is 12.9 Å². The number of fused-ring (bicyclic) bond motifs is 3. The Balaban J connectivity index is 2.64. The summed E-state index contributed by atoms with van der Waals surface area (Å²) >= 11 is 0. The molecule has 72 valence electrons. The van der Waals surface area contributed by atoms with Gasteiger partial charge in [-0.3, -0.25) is 4.98 Å². The van der Waals surface area contributed by atoms with Crippen molar-refractivity contribution >= 4 is 21.7 Å². The van der Waals surface area contributed by atoms with Gasteiger partial charge in [0.2, 0.25) is 0 Å². The van der Waals surface area contributed by atoms with E-state index in [1.807, 2.05) is 36.4 Å². The van der Waals surface area contributed by atoms with E-state index < -0.39 is 0 Å². The van der Waals surface area contributed by atoms with E-state index in [0.717, 1.165) is 10.8 Å². The van der Waals surface area contributed by atoms with E-state index in [1.54, 1.807) is 0 Å². The van der Waals surface area contributed by atoms with Crippen LogP contribution in [0.15, 0.2) is 48.7 Å². The number of nitrogens with zero attached hydrogens (tertiary/aromatic N) is 1. The third-order valence-corrected chi connectivity index (χ3v) is 2.58. The molecule has 0 aliphatic heterocycles. The maximum atomic E-state index is 13.7. The molecule has 0 amide bonds. The normalized spacial score (nSPS) is 11.0. The molecule has 0 aliphatic rings. The Morgan fingerprint density at radius 3 is 2.73 bits per heavy atom. The highest BCUT2D eigenvalue weighted by atomic mass is 19.1. The molecule has 0 fully saturated rings. The first-order valence-corrected chi connectivity index (χ1v) is 4.78. The van der Waals surface area contributed by atoms with Crippen LogP contribution in [0.2, 0.25) is 0 Å². The van der Waals surface area contributed by atoms with Crippen molar-refractivity contribution in [2.75, 3.05) is 0 Å². The van der Waals surface area contributed by atoms with Gasteiger partial charge in [0, 0.05) is 11.6 Å². The molecule has 0 radical (unpaired) electrons. The van der Waals surface area contributed by atoms with Gasteiger partial charge in [-0.1, -0.05) is 30.3 Å². The summed E-state index contributed by atoms with van der Waals surface area (Å²) in [4.78, 5) is 4.15. The van der Waals surface area contributed by atoms with Crippen molar-refractivity contribution in [1.82, 2.24) is 4.98 Å². The summed E-state index contributed by atoms with van der Waals surface area (Å²) in [7, 11) is 0. The Morgan fingerprint density at radius 2 is 1.80 bits per heavy atom. The number of aromatic nitrogens is 1. The van der Waals surface area contributed by atoms with Crippen LogP contribution in [0.4, 0.5) is 4.39 Å². The molecule has 2 aromatic carbocycles. The molecular formula is C13H8FN. The zero-order chi connectivity index (χ0) is 10.3. The molecule has 1 heterocycles. The molecule has 15 heavy (non-hydrogen) atoms. The Bertz CT molecular complexity index is 646. The molecular weight excluding hydrogens is 189 g/mol. The van der Waals surface area contributed by atoms with Gasteiger partial charge < -0.3 is 0 Å². The lowest BCUT2D eigenvalue weighted by Gasteiger charge is -2.03. The smallest absolute Gasteiger partial charge is 0.134 e. The summed E-state index contributed by atoms with van der Waals surface area (Å²) in [6.45, 7) is 0. The van der Waals surface area contributed by atoms with Gasteiger partial charge in [-0.15, -0.1) is 0 Å². The van der Waals surface area contributed by atoms with Gasteiger partial charge in [0.15, 0.2) is 0 Å². The van der Waals surface area contributed by atoms with Gasteiger partial charge in [-0.05, 0) is 22.9 Å². The predicted octanol–water partition coefficient (Wildman–Crippen LogP) is 3.53. The number of rotatable bonds is 0. The van der Waals surface area contributed by atoms with E-state index in [1.165, 1.54) is 12.3 Å². The van der Waals surface area contributed by atoms with Crippen molar-refractivity contribution in [3.63, 3.8) is 0 Å². The lowest BCUT2D eigenvalue weighted by atomic mass is 10.1. The first kappa shape index (κ1) is 8.36. The monoisotopic (exact) mass is 197 g/mol.